The molecular formula is C12H22N2O2. The maximum atomic E-state index is 12.1. The van der Waals surface area contributed by atoms with Crippen LogP contribution in [0.15, 0.2) is 0 Å². The molecule has 1 unspecified atom stereocenters. The predicted octanol–water partition coefficient (Wildman–Crippen LogP) is 0.201. The quantitative estimate of drug-likeness (QED) is 0.719. The number of carbonyl (C=O) groups is 1. The van der Waals surface area contributed by atoms with Gasteiger partial charge < -0.3 is 15.7 Å². The summed E-state index contributed by atoms with van der Waals surface area (Å²) in [7, 11) is 0. The smallest absolute Gasteiger partial charge is 0.227 e. The van der Waals surface area contributed by atoms with Crippen LogP contribution in [0.25, 0.3) is 0 Å². The Balaban J connectivity index is 1.88. The number of amides is 1. The molecule has 4 heteroatoms. The average molecular weight is 226 g/mol. The number of hydrogen-bond donors (Lipinski definition) is 2. The summed E-state index contributed by atoms with van der Waals surface area (Å²) in [6, 6.07) is 0. The monoisotopic (exact) mass is 226 g/mol. The van der Waals surface area contributed by atoms with E-state index in [1.807, 2.05) is 13.8 Å². The molecule has 0 bridgehead atoms. The molecule has 1 saturated carbocycles. The van der Waals surface area contributed by atoms with Gasteiger partial charge in [-0.05, 0) is 24.7 Å². The van der Waals surface area contributed by atoms with Crippen molar-refractivity contribution < 1.29 is 9.90 Å². The molecule has 2 fully saturated rings. The largest absolute Gasteiger partial charge is 0.386 e. The lowest BCUT2D eigenvalue weighted by atomic mass is 9.85. The van der Waals surface area contributed by atoms with Crippen LogP contribution in [0.3, 0.4) is 0 Å². The summed E-state index contributed by atoms with van der Waals surface area (Å²) in [5.41, 5.74) is 5.04. The minimum Gasteiger partial charge on any atom is -0.386 e. The van der Waals surface area contributed by atoms with Crippen LogP contribution in [0.2, 0.25) is 0 Å². The Kier molecular flexibility index (Phi) is 2.97. The molecule has 1 aliphatic heterocycles. The Hall–Kier alpha value is -0.610. The second-order valence-electron chi connectivity index (χ2n) is 5.66. The molecule has 3 N–H and O–H groups in total. The van der Waals surface area contributed by atoms with Gasteiger partial charge in [-0.1, -0.05) is 13.8 Å². The van der Waals surface area contributed by atoms with Gasteiger partial charge in [0.05, 0.1) is 19.0 Å². The van der Waals surface area contributed by atoms with Crippen molar-refractivity contribution in [2.24, 2.45) is 23.5 Å². The van der Waals surface area contributed by atoms with E-state index in [-0.39, 0.29) is 17.7 Å². The van der Waals surface area contributed by atoms with E-state index in [9.17, 15) is 9.90 Å². The molecule has 2 rings (SSSR count). The lowest BCUT2D eigenvalue weighted by molar-refractivity contribution is -0.164. The number of nitrogens with two attached hydrogens (primary N) is 1. The third-order valence-electron chi connectivity index (χ3n) is 3.95. The molecule has 0 radical (unpaired) electrons. The first-order chi connectivity index (χ1) is 7.48. The molecule has 16 heavy (non-hydrogen) atoms. The van der Waals surface area contributed by atoms with Crippen LogP contribution in [0.5, 0.6) is 0 Å². The Morgan fingerprint density at radius 2 is 2.06 bits per heavy atom. The van der Waals surface area contributed by atoms with Crippen LogP contribution >= 0.6 is 0 Å². The van der Waals surface area contributed by atoms with Crippen molar-refractivity contribution in [2.45, 2.75) is 32.3 Å². The SMILES string of the molecule is CC(C)C(CN)C(=O)N1CC(O)(C2CC2)C1. The van der Waals surface area contributed by atoms with Gasteiger partial charge in [-0.2, -0.15) is 0 Å². The van der Waals surface area contributed by atoms with Crippen LogP contribution in [-0.2, 0) is 4.79 Å². The van der Waals surface area contributed by atoms with Gasteiger partial charge in [0, 0.05) is 6.54 Å². The molecule has 92 valence electrons. The van der Waals surface area contributed by atoms with E-state index in [2.05, 4.69) is 0 Å². The fourth-order valence-electron chi connectivity index (χ4n) is 2.54. The second-order valence-corrected chi connectivity index (χ2v) is 5.66. The number of aliphatic hydroxyl groups is 1. The van der Waals surface area contributed by atoms with E-state index in [1.165, 1.54) is 0 Å². The molecule has 1 heterocycles. The molecule has 2 aliphatic rings. The second kappa shape index (κ2) is 4.00. The van der Waals surface area contributed by atoms with Crippen molar-refractivity contribution in [1.29, 1.82) is 0 Å². The first-order valence-corrected chi connectivity index (χ1v) is 6.19. The highest BCUT2D eigenvalue weighted by molar-refractivity contribution is 5.80. The van der Waals surface area contributed by atoms with Gasteiger partial charge >= 0.3 is 0 Å². The maximum Gasteiger partial charge on any atom is 0.227 e. The number of carbonyl (C=O) groups excluding carboxylic acids is 1. The highest BCUT2D eigenvalue weighted by Crippen LogP contribution is 2.44. The van der Waals surface area contributed by atoms with Crippen molar-refractivity contribution in [2.75, 3.05) is 19.6 Å². The summed E-state index contributed by atoms with van der Waals surface area (Å²) < 4.78 is 0. The van der Waals surface area contributed by atoms with Gasteiger partial charge in [0.1, 0.15) is 5.60 Å². The minimum atomic E-state index is -0.578. The molecule has 1 aliphatic carbocycles. The fourth-order valence-corrected chi connectivity index (χ4v) is 2.54. The number of rotatable bonds is 4. The molecule has 1 atom stereocenters. The first kappa shape index (κ1) is 11.9. The average Bonchev–Trinajstić information content (AvgIpc) is 2.96. The van der Waals surface area contributed by atoms with Crippen molar-refractivity contribution in [3.05, 3.63) is 0 Å². The van der Waals surface area contributed by atoms with Crippen LogP contribution in [-0.4, -0.2) is 41.1 Å². The van der Waals surface area contributed by atoms with Crippen LogP contribution in [0.1, 0.15) is 26.7 Å². The third-order valence-corrected chi connectivity index (χ3v) is 3.95. The zero-order chi connectivity index (χ0) is 11.9. The predicted molar refractivity (Wildman–Crippen MR) is 61.6 cm³/mol. The summed E-state index contributed by atoms with van der Waals surface area (Å²) in [5.74, 6) is 0.727. The fraction of sp³-hybridized carbons (Fsp3) is 0.917. The van der Waals surface area contributed by atoms with Crippen molar-refractivity contribution in [3.63, 3.8) is 0 Å². The third kappa shape index (κ3) is 1.96. The summed E-state index contributed by atoms with van der Waals surface area (Å²) in [4.78, 5) is 13.8. The van der Waals surface area contributed by atoms with Crippen LogP contribution in [0, 0.1) is 17.8 Å². The summed E-state index contributed by atoms with van der Waals surface area (Å²) in [6.07, 6.45) is 2.23. The van der Waals surface area contributed by atoms with Crippen LogP contribution < -0.4 is 5.73 Å². The first-order valence-electron chi connectivity index (χ1n) is 6.19. The molecule has 0 aromatic heterocycles. The van der Waals surface area contributed by atoms with Crippen LogP contribution in [0.4, 0.5) is 0 Å². The normalized spacial score (nSPS) is 25.4. The standard InChI is InChI=1S/C12H22N2O2/c1-8(2)10(5-13)11(15)14-6-12(16,7-14)9-3-4-9/h8-10,16H,3-7,13H2,1-2H3. The van der Waals surface area contributed by atoms with Crippen molar-refractivity contribution in [3.8, 4) is 0 Å². The van der Waals surface area contributed by atoms with Gasteiger partial charge in [-0.3, -0.25) is 4.79 Å². The number of nitrogens with zero attached hydrogens (tertiary/aromatic N) is 1. The molecule has 0 spiro atoms. The summed E-state index contributed by atoms with van der Waals surface area (Å²) in [6.45, 7) is 5.46. The minimum absolute atomic E-state index is 0.0937. The van der Waals surface area contributed by atoms with E-state index in [4.69, 9.17) is 5.73 Å². The van der Waals surface area contributed by atoms with Gasteiger partial charge in [-0.25, -0.2) is 0 Å². The molecule has 4 nitrogen and oxygen atoms in total. The molecule has 1 amide bonds. The highest BCUT2D eigenvalue weighted by atomic mass is 16.3. The lowest BCUT2D eigenvalue weighted by Gasteiger charge is -2.48. The Bertz CT molecular complexity index is 281. The zero-order valence-electron chi connectivity index (χ0n) is 10.1. The number of β-amino-alcohol motifs (C(OH)–C–C–N with tert-alkyl or cyclic N) is 1. The van der Waals surface area contributed by atoms with Crippen molar-refractivity contribution in [1.82, 2.24) is 4.90 Å². The van der Waals surface area contributed by atoms with Gasteiger partial charge in [-0.15, -0.1) is 0 Å². The Morgan fingerprint density at radius 1 is 1.50 bits per heavy atom. The van der Waals surface area contributed by atoms with Gasteiger partial charge in [0.15, 0.2) is 0 Å². The molecular weight excluding hydrogens is 204 g/mol. The molecule has 0 aromatic carbocycles. The molecule has 1 saturated heterocycles. The Morgan fingerprint density at radius 3 is 2.44 bits per heavy atom. The lowest BCUT2D eigenvalue weighted by Crippen LogP contribution is -2.66. The van der Waals surface area contributed by atoms with E-state index in [1.54, 1.807) is 4.90 Å². The number of hydrogen-bond acceptors (Lipinski definition) is 3. The van der Waals surface area contributed by atoms with E-state index < -0.39 is 5.60 Å². The Labute approximate surface area is 96.8 Å². The van der Waals surface area contributed by atoms with Gasteiger partial charge in [0.2, 0.25) is 5.91 Å². The maximum absolute atomic E-state index is 12.1. The zero-order valence-corrected chi connectivity index (χ0v) is 10.1. The summed E-state index contributed by atoms with van der Waals surface area (Å²) in [5, 5.41) is 10.1. The van der Waals surface area contributed by atoms with Crippen molar-refractivity contribution >= 4 is 5.91 Å². The molecule has 0 aromatic rings. The van der Waals surface area contributed by atoms with E-state index >= 15 is 0 Å². The number of likely N-dealkylation sites (tertiary alicyclic amines) is 1. The summed E-state index contributed by atoms with van der Waals surface area (Å²) >= 11 is 0. The van der Waals surface area contributed by atoms with E-state index in [0.29, 0.717) is 25.6 Å². The topological polar surface area (TPSA) is 66.6 Å². The van der Waals surface area contributed by atoms with Gasteiger partial charge in [0.25, 0.3) is 0 Å². The highest BCUT2D eigenvalue weighted by Gasteiger charge is 2.53. The van der Waals surface area contributed by atoms with E-state index in [0.717, 1.165) is 12.8 Å².